The fourth-order valence-corrected chi connectivity index (χ4v) is 3.33. The Morgan fingerprint density at radius 3 is 1.31 bits per heavy atom. The third kappa shape index (κ3) is 3.35. The average Bonchev–Trinajstić information content (AvgIpc) is 2.99. The van der Waals surface area contributed by atoms with E-state index in [2.05, 4.69) is 10.6 Å². The third-order valence-corrected chi connectivity index (χ3v) is 5.00. The van der Waals surface area contributed by atoms with E-state index in [4.69, 9.17) is 0 Å². The molecule has 0 fully saturated rings. The molecule has 0 saturated carbocycles. The fraction of sp³-hybridized carbons (Fsp3) is 0.300. The van der Waals surface area contributed by atoms with E-state index < -0.39 is 0 Å². The number of nitrogens with one attached hydrogen (secondary N) is 2. The summed E-state index contributed by atoms with van der Waals surface area (Å²) in [6, 6.07) is 7.83. The van der Waals surface area contributed by atoms with Crippen LogP contribution < -0.4 is 10.6 Å². The predicted molar refractivity (Wildman–Crippen MR) is 94.8 cm³/mol. The van der Waals surface area contributed by atoms with Gasteiger partial charge in [-0.25, -0.2) is 0 Å². The Morgan fingerprint density at radius 1 is 0.615 bits per heavy atom. The van der Waals surface area contributed by atoms with Gasteiger partial charge in [0.25, 0.3) is 23.6 Å². The molecule has 0 unspecified atom stereocenters. The lowest BCUT2D eigenvalue weighted by Crippen LogP contribution is -2.23. The zero-order valence-corrected chi connectivity index (χ0v) is 14.8. The highest BCUT2D eigenvalue weighted by molar-refractivity contribution is 6.19. The fourth-order valence-electron chi connectivity index (χ4n) is 3.33. The molecule has 2 aliphatic heterocycles. The van der Waals surface area contributed by atoms with Crippen LogP contribution in [0.25, 0.3) is 0 Å². The first-order valence-electron chi connectivity index (χ1n) is 8.56. The molecule has 0 spiro atoms. The van der Waals surface area contributed by atoms with Gasteiger partial charge in [0.2, 0.25) is 0 Å². The van der Waals surface area contributed by atoms with Gasteiger partial charge in [0.05, 0.1) is 0 Å². The molecule has 2 N–H and O–H groups in total. The van der Waals surface area contributed by atoms with Crippen LogP contribution in [0.15, 0.2) is 46.6 Å². The van der Waals surface area contributed by atoms with Crippen LogP contribution in [0.4, 0.5) is 0 Å². The monoisotopic (exact) mass is 352 g/mol. The molecule has 26 heavy (non-hydrogen) atoms. The smallest absolute Gasteiger partial charge is 0.254 e. The number of rotatable bonds is 6. The second-order valence-electron chi connectivity index (χ2n) is 6.54. The molecule has 6 heteroatoms. The summed E-state index contributed by atoms with van der Waals surface area (Å²) in [5.41, 5.74) is 4.17. The van der Waals surface area contributed by atoms with Crippen molar-refractivity contribution in [3.63, 3.8) is 0 Å². The minimum atomic E-state index is -0.322. The Balaban J connectivity index is 1.71. The van der Waals surface area contributed by atoms with Crippen molar-refractivity contribution in [3.05, 3.63) is 57.7 Å². The van der Waals surface area contributed by atoms with Gasteiger partial charge in [0.1, 0.15) is 0 Å². The number of carbonyl (C=O) groups excluding carboxylic acids is 4. The number of amides is 4. The Labute approximate surface area is 151 Å². The van der Waals surface area contributed by atoms with Crippen molar-refractivity contribution >= 4 is 23.6 Å². The van der Waals surface area contributed by atoms with Gasteiger partial charge in [-0.05, 0) is 50.7 Å². The lowest BCUT2D eigenvalue weighted by Gasteiger charge is -2.10. The van der Waals surface area contributed by atoms with E-state index in [-0.39, 0.29) is 23.6 Å². The molecule has 0 saturated heterocycles. The van der Waals surface area contributed by atoms with E-state index in [1.54, 1.807) is 13.8 Å². The summed E-state index contributed by atoms with van der Waals surface area (Å²) in [4.78, 5) is 46.8. The molecule has 0 bridgehead atoms. The highest BCUT2D eigenvalue weighted by Gasteiger charge is 2.27. The normalized spacial score (nSPS) is 17.3. The highest BCUT2D eigenvalue weighted by Crippen LogP contribution is 2.23. The van der Waals surface area contributed by atoms with Crippen molar-refractivity contribution in [2.24, 2.45) is 0 Å². The van der Waals surface area contributed by atoms with E-state index in [9.17, 15) is 19.2 Å². The van der Waals surface area contributed by atoms with Gasteiger partial charge >= 0.3 is 0 Å². The van der Waals surface area contributed by atoms with Crippen molar-refractivity contribution in [2.75, 3.05) is 0 Å². The van der Waals surface area contributed by atoms with E-state index >= 15 is 0 Å². The quantitative estimate of drug-likeness (QED) is 0.759. The second-order valence-corrected chi connectivity index (χ2v) is 6.54. The highest BCUT2D eigenvalue weighted by atomic mass is 16.2. The van der Waals surface area contributed by atoms with Crippen molar-refractivity contribution in [1.29, 1.82) is 0 Å². The molecule has 2 aliphatic rings. The summed E-state index contributed by atoms with van der Waals surface area (Å²) in [6.07, 6.45) is 2.24. The minimum Gasteiger partial charge on any atom is -0.289 e. The first-order valence-corrected chi connectivity index (χ1v) is 8.56. The van der Waals surface area contributed by atoms with Crippen LogP contribution in [-0.4, -0.2) is 23.6 Å². The van der Waals surface area contributed by atoms with Gasteiger partial charge in [-0.3, -0.25) is 29.8 Å². The largest absolute Gasteiger partial charge is 0.289 e. The number of aryl methyl sites for hydroxylation is 2. The molecule has 1 aromatic rings. The van der Waals surface area contributed by atoms with Gasteiger partial charge < -0.3 is 0 Å². The van der Waals surface area contributed by atoms with Crippen LogP contribution in [0.5, 0.6) is 0 Å². The molecule has 0 radical (unpaired) electrons. The number of hydrogen-bond donors (Lipinski definition) is 2. The van der Waals surface area contributed by atoms with Crippen molar-refractivity contribution in [3.8, 4) is 0 Å². The van der Waals surface area contributed by atoms with Gasteiger partial charge in [-0.2, -0.15) is 0 Å². The third-order valence-electron chi connectivity index (χ3n) is 5.00. The standard InChI is InChI=1S/C20H20N2O4/c1-11-15(19(25)21-17(11)23)9-7-13-5-3-4-6-14(13)8-10-16-12(2)18(24)22-20(16)26/h3-6H,7-10H2,1-2H3,(H,21,23,25)(H,22,24,26). The van der Waals surface area contributed by atoms with Gasteiger partial charge in [0.15, 0.2) is 0 Å². The maximum absolute atomic E-state index is 11.8. The molecule has 4 amide bonds. The lowest BCUT2D eigenvalue weighted by molar-refractivity contribution is -0.125. The summed E-state index contributed by atoms with van der Waals surface area (Å²) in [6.45, 7) is 3.32. The van der Waals surface area contributed by atoms with Gasteiger partial charge in [0, 0.05) is 22.3 Å². The van der Waals surface area contributed by atoms with Gasteiger partial charge in [-0.1, -0.05) is 24.3 Å². The maximum atomic E-state index is 11.8. The van der Waals surface area contributed by atoms with Crippen LogP contribution in [0.2, 0.25) is 0 Å². The molecule has 2 heterocycles. The van der Waals surface area contributed by atoms with Crippen molar-refractivity contribution in [2.45, 2.75) is 39.5 Å². The maximum Gasteiger partial charge on any atom is 0.254 e. The molecule has 0 aliphatic carbocycles. The molecule has 0 aromatic heterocycles. The van der Waals surface area contributed by atoms with Crippen LogP contribution in [-0.2, 0) is 32.0 Å². The van der Waals surface area contributed by atoms with Crippen LogP contribution in [0, 0.1) is 0 Å². The average molecular weight is 352 g/mol. The first-order chi connectivity index (χ1) is 12.4. The summed E-state index contributed by atoms with van der Waals surface area (Å²) in [5, 5.41) is 4.62. The first kappa shape index (κ1) is 17.8. The Bertz CT molecular complexity index is 820. The summed E-state index contributed by atoms with van der Waals surface area (Å²) < 4.78 is 0. The predicted octanol–water partition coefficient (Wildman–Crippen LogP) is 1.50. The molecule has 3 rings (SSSR count). The second kappa shape index (κ2) is 7.07. The molecule has 134 valence electrons. The van der Waals surface area contributed by atoms with E-state index in [1.165, 1.54) is 0 Å². The number of imide groups is 2. The molecule has 6 nitrogen and oxygen atoms in total. The van der Waals surface area contributed by atoms with Gasteiger partial charge in [-0.15, -0.1) is 0 Å². The number of hydrogen-bond acceptors (Lipinski definition) is 4. The minimum absolute atomic E-state index is 0.313. The molecule has 1 aromatic carbocycles. The molecular weight excluding hydrogens is 332 g/mol. The van der Waals surface area contributed by atoms with Crippen LogP contribution >= 0.6 is 0 Å². The Hall–Kier alpha value is -3.02. The SMILES string of the molecule is CC1=C(CCc2ccccc2CCC2=C(C)C(=O)NC2=O)C(=O)NC1=O. The lowest BCUT2D eigenvalue weighted by atomic mass is 9.94. The van der Waals surface area contributed by atoms with E-state index in [0.717, 1.165) is 11.1 Å². The Kier molecular flexibility index (Phi) is 4.84. The summed E-state index contributed by atoms with van der Waals surface area (Å²) in [5.74, 6) is -1.27. The van der Waals surface area contributed by atoms with Crippen molar-refractivity contribution < 1.29 is 19.2 Å². The van der Waals surface area contributed by atoms with Crippen molar-refractivity contribution in [1.82, 2.24) is 10.6 Å². The van der Waals surface area contributed by atoms with E-state index in [0.29, 0.717) is 48.0 Å². The zero-order chi connectivity index (χ0) is 18.8. The molecule has 0 atom stereocenters. The molecular formula is C20H20N2O4. The summed E-state index contributed by atoms with van der Waals surface area (Å²) >= 11 is 0. The van der Waals surface area contributed by atoms with E-state index in [1.807, 2.05) is 24.3 Å². The zero-order valence-electron chi connectivity index (χ0n) is 14.8. The van der Waals surface area contributed by atoms with Crippen LogP contribution in [0.3, 0.4) is 0 Å². The number of benzene rings is 1. The topological polar surface area (TPSA) is 92.3 Å². The summed E-state index contributed by atoms with van der Waals surface area (Å²) in [7, 11) is 0. The Morgan fingerprint density at radius 2 is 1.00 bits per heavy atom. The van der Waals surface area contributed by atoms with Crippen LogP contribution in [0.1, 0.15) is 37.8 Å². The number of carbonyl (C=O) groups is 4.